The maximum atomic E-state index is 4.66. The third-order valence-corrected chi connectivity index (χ3v) is 3.76. The third kappa shape index (κ3) is 3.50. The molecular weight excluding hydrogens is 244 g/mol. The predicted molar refractivity (Wildman–Crippen MR) is 75.0 cm³/mol. The Kier molecular flexibility index (Phi) is 3.91. The number of aromatic nitrogens is 3. The lowest BCUT2D eigenvalue weighted by Crippen LogP contribution is -2.11. The molecule has 1 N–H and O–H groups in total. The molecule has 0 atom stereocenters. The molecule has 2 rings (SSSR count). The Labute approximate surface area is 112 Å². The lowest BCUT2D eigenvalue weighted by Gasteiger charge is -2.13. The van der Waals surface area contributed by atoms with E-state index in [1.54, 1.807) is 29.9 Å². The van der Waals surface area contributed by atoms with Crippen molar-refractivity contribution in [2.75, 3.05) is 11.9 Å². The molecule has 2 heterocycles. The van der Waals surface area contributed by atoms with Crippen LogP contribution in [0.4, 0.5) is 5.82 Å². The summed E-state index contributed by atoms with van der Waals surface area (Å²) < 4.78 is 0. The van der Waals surface area contributed by atoms with E-state index < -0.39 is 0 Å². The lowest BCUT2D eigenvalue weighted by molar-refractivity contribution is 0.583. The van der Waals surface area contributed by atoms with Crippen LogP contribution in [0.25, 0.3) is 0 Å². The minimum atomic E-state index is 0.140. The van der Waals surface area contributed by atoms with Gasteiger partial charge in [-0.3, -0.25) is 4.98 Å². The van der Waals surface area contributed by atoms with E-state index in [1.807, 2.05) is 0 Å². The first-order chi connectivity index (χ1) is 8.55. The van der Waals surface area contributed by atoms with E-state index in [0.29, 0.717) is 0 Å². The normalized spacial score (nSPS) is 11.5. The summed E-state index contributed by atoms with van der Waals surface area (Å²) in [6, 6.07) is 0. The van der Waals surface area contributed by atoms with Crippen molar-refractivity contribution in [1.29, 1.82) is 0 Å². The van der Waals surface area contributed by atoms with E-state index in [2.05, 4.69) is 46.4 Å². The van der Waals surface area contributed by atoms with Crippen molar-refractivity contribution in [1.82, 2.24) is 15.0 Å². The molecule has 0 bridgehead atoms. The summed E-state index contributed by atoms with van der Waals surface area (Å²) >= 11 is 1.74. The maximum Gasteiger partial charge on any atom is 0.144 e. The summed E-state index contributed by atoms with van der Waals surface area (Å²) in [5, 5.41) is 6.56. The minimum Gasteiger partial charge on any atom is -0.368 e. The number of hydrogen-bond acceptors (Lipinski definition) is 5. The fraction of sp³-hybridized carbons (Fsp3) is 0.462. The molecule has 0 aliphatic carbocycles. The number of hydrogen-bond donors (Lipinski definition) is 1. The fourth-order valence-corrected chi connectivity index (χ4v) is 2.42. The molecule has 0 fully saturated rings. The second-order valence-corrected chi connectivity index (χ2v) is 6.02. The molecular formula is C13H18N4S. The van der Waals surface area contributed by atoms with Crippen LogP contribution >= 0.6 is 11.3 Å². The highest BCUT2D eigenvalue weighted by Crippen LogP contribution is 2.25. The van der Waals surface area contributed by atoms with Crippen molar-refractivity contribution < 1.29 is 0 Å². The van der Waals surface area contributed by atoms with Crippen molar-refractivity contribution >= 4 is 17.2 Å². The van der Waals surface area contributed by atoms with Gasteiger partial charge in [-0.15, -0.1) is 11.3 Å². The van der Waals surface area contributed by atoms with E-state index in [-0.39, 0.29) is 5.41 Å². The highest BCUT2D eigenvalue weighted by atomic mass is 32.1. The molecule has 0 radical (unpaired) electrons. The van der Waals surface area contributed by atoms with Gasteiger partial charge >= 0.3 is 0 Å². The summed E-state index contributed by atoms with van der Waals surface area (Å²) in [5.41, 5.74) is 1.28. The Morgan fingerprint density at radius 3 is 2.72 bits per heavy atom. The van der Waals surface area contributed by atoms with Crippen molar-refractivity contribution in [3.63, 3.8) is 0 Å². The SMILES string of the molecule is CC(C)(C)c1nc(CCNc2cnccn2)cs1. The summed E-state index contributed by atoms with van der Waals surface area (Å²) in [4.78, 5) is 12.8. The van der Waals surface area contributed by atoms with Gasteiger partial charge in [-0.2, -0.15) is 0 Å². The van der Waals surface area contributed by atoms with Crippen LogP contribution in [0.15, 0.2) is 24.0 Å². The van der Waals surface area contributed by atoms with E-state index in [9.17, 15) is 0 Å². The zero-order chi connectivity index (χ0) is 13.0. The maximum absolute atomic E-state index is 4.66. The Hall–Kier alpha value is -1.49. The third-order valence-electron chi connectivity index (χ3n) is 2.44. The summed E-state index contributed by atoms with van der Waals surface area (Å²) in [6.07, 6.45) is 5.98. The van der Waals surface area contributed by atoms with Crippen molar-refractivity contribution in [2.45, 2.75) is 32.6 Å². The summed E-state index contributed by atoms with van der Waals surface area (Å²) in [7, 11) is 0. The lowest BCUT2D eigenvalue weighted by atomic mass is 9.98. The van der Waals surface area contributed by atoms with Gasteiger partial charge in [0.15, 0.2) is 0 Å². The van der Waals surface area contributed by atoms with E-state index in [0.717, 1.165) is 24.5 Å². The number of anilines is 1. The minimum absolute atomic E-state index is 0.140. The van der Waals surface area contributed by atoms with Crippen LogP contribution < -0.4 is 5.32 Å². The number of thiazole rings is 1. The average Bonchev–Trinajstić information content (AvgIpc) is 2.79. The van der Waals surface area contributed by atoms with Crippen molar-refractivity contribution in [3.05, 3.63) is 34.7 Å². The standard InChI is InChI=1S/C13H18N4S/c1-13(2,3)12-17-10(9-18-12)4-5-15-11-8-14-6-7-16-11/h6-9H,4-5H2,1-3H3,(H,15,16). The Morgan fingerprint density at radius 2 is 2.11 bits per heavy atom. The first kappa shape index (κ1) is 13.0. The Bertz CT molecular complexity index is 487. The van der Waals surface area contributed by atoms with Crippen molar-refractivity contribution in [3.8, 4) is 0 Å². The van der Waals surface area contributed by atoms with Gasteiger partial charge in [-0.25, -0.2) is 9.97 Å². The van der Waals surface area contributed by atoms with E-state index >= 15 is 0 Å². The van der Waals surface area contributed by atoms with E-state index in [4.69, 9.17) is 0 Å². The molecule has 2 aromatic rings. The van der Waals surface area contributed by atoms with Gasteiger partial charge in [0.05, 0.1) is 16.9 Å². The average molecular weight is 262 g/mol. The highest BCUT2D eigenvalue weighted by molar-refractivity contribution is 7.09. The van der Waals surface area contributed by atoms with Gasteiger partial charge < -0.3 is 5.32 Å². The topological polar surface area (TPSA) is 50.7 Å². The van der Waals surface area contributed by atoms with Gasteiger partial charge in [0.25, 0.3) is 0 Å². The molecule has 5 heteroatoms. The second kappa shape index (κ2) is 5.44. The largest absolute Gasteiger partial charge is 0.368 e. The van der Waals surface area contributed by atoms with Crippen LogP contribution in [0, 0.1) is 0 Å². The van der Waals surface area contributed by atoms with Gasteiger partial charge in [0.1, 0.15) is 5.82 Å². The molecule has 0 aromatic carbocycles. The van der Waals surface area contributed by atoms with Crippen LogP contribution in [-0.2, 0) is 11.8 Å². The van der Waals surface area contributed by atoms with Crippen LogP contribution in [-0.4, -0.2) is 21.5 Å². The van der Waals surface area contributed by atoms with E-state index in [1.165, 1.54) is 5.01 Å². The molecule has 0 unspecified atom stereocenters. The first-order valence-corrected chi connectivity index (χ1v) is 6.88. The molecule has 0 spiro atoms. The van der Waals surface area contributed by atoms with Gasteiger partial charge in [0, 0.05) is 36.2 Å². The molecule has 0 amide bonds. The number of nitrogens with zero attached hydrogens (tertiary/aromatic N) is 3. The molecule has 96 valence electrons. The quantitative estimate of drug-likeness (QED) is 0.920. The van der Waals surface area contributed by atoms with Crippen LogP contribution in [0.5, 0.6) is 0 Å². The van der Waals surface area contributed by atoms with Crippen LogP contribution in [0.3, 0.4) is 0 Å². The van der Waals surface area contributed by atoms with Crippen molar-refractivity contribution in [2.24, 2.45) is 0 Å². The Morgan fingerprint density at radius 1 is 1.28 bits per heavy atom. The molecule has 0 aliphatic rings. The summed E-state index contributed by atoms with van der Waals surface area (Å²) in [5.74, 6) is 0.809. The number of nitrogens with one attached hydrogen (secondary N) is 1. The highest BCUT2D eigenvalue weighted by Gasteiger charge is 2.17. The molecule has 18 heavy (non-hydrogen) atoms. The first-order valence-electron chi connectivity index (χ1n) is 6.00. The molecule has 4 nitrogen and oxygen atoms in total. The summed E-state index contributed by atoms with van der Waals surface area (Å²) in [6.45, 7) is 7.39. The van der Waals surface area contributed by atoms with Gasteiger partial charge in [0.2, 0.25) is 0 Å². The second-order valence-electron chi connectivity index (χ2n) is 5.16. The zero-order valence-electron chi connectivity index (χ0n) is 11.0. The smallest absolute Gasteiger partial charge is 0.144 e. The fourth-order valence-electron chi connectivity index (χ4n) is 1.48. The van der Waals surface area contributed by atoms with Gasteiger partial charge in [-0.1, -0.05) is 20.8 Å². The Balaban J connectivity index is 1.86. The monoisotopic (exact) mass is 262 g/mol. The molecule has 0 aliphatic heterocycles. The molecule has 0 saturated heterocycles. The van der Waals surface area contributed by atoms with Crippen LogP contribution in [0.1, 0.15) is 31.5 Å². The molecule has 0 saturated carbocycles. The van der Waals surface area contributed by atoms with Crippen LogP contribution in [0.2, 0.25) is 0 Å². The number of rotatable bonds is 4. The zero-order valence-corrected chi connectivity index (χ0v) is 11.8. The van der Waals surface area contributed by atoms with Gasteiger partial charge in [-0.05, 0) is 0 Å². The predicted octanol–water partition coefficient (Wildman–Crippen LogP) is 2.89. The molecule has 2 aromatic heterocycles.